The largest absolute Gasteiger partial charge is 0.465 e. The third-order valence-electron chi connectivity index (χ3n) is 3.80. The van der Waals surface area contributed by atoms with Crippen molar-refractivity contribution in [2.75, 3.05) is 14.2 Å². The summed E-state index contributed by atoms with van der Waals surface area (Å²) >= 11 is 0. The van der Waals surface area contributed by atoms with E-state index in [0.717, 1.165) is 16.5 Å². The molecule has 0 unspecified atom stereocenters. The fourth-order valence-corrected chi connectivity index (χ4v) is 2.53. The lowest BCUT2D eigenvalue weighted by Crippen LogP contribution is -2.07. The Balaban J connectivity index is 2.08. The normalized spacial score (nSPS) is 10.4. The number of hydrogen-bond donors (Lipinski definition) is 0. The molecule has 7 nitrogen and oxygen atoms in total. The quantitative estimate of drug-likeness (QED) is 0.666. The molecule has 0 aliphatic rings. The molecule has 0 spiro atoms. The molecule has 2 aromatic carbocycles. The highest BCUT2D eigenvalue weighted by Gasteiger charge is 2.16. The van der Waals surface area contributed by atoms with Crippen LogP contribution in [0, 0.1) is 6.92 Å². The second kappa shape index (κ2) is 7.18. The standard InChI is InChI=1S/C19H16N2O5/c1-11-15-6-4-5-7-16(15)17(21-20-11)26-14-9-12(18(22)24-2)8-13(10-14)19(23)25-3/h4-10H,1-3H3. The minimum Gasteiger partial charge on any atom is -0.465 e. The molecule has 0 saturated carbocycles. The predicted molar refractivity (Wildman–Crippen MR) is 93.5 cm³/mol. The maximum absolute atomic E-state index is 11.9. The van der Waals surface area contributed by atoms with Crippen LogP contribution >= 0.6 is 0 Å². The van der Waals surface area contributed by atoms with Gasteiger partial charge < -0.3 is 14.2 Å². The molecule has 132 valence electrons. The molecule has 3 aromatic rings. The average molecular weight is 352 g/mol. The zero-order chi connectivity index (χ0) is 18.7. The molecular formula is C19H16N2O5. The van der Waals surface area contributed by atoms with Gasteiger partial charge in [-0.05, 0) is 31.2 Å². The van der Waals surface area contributed by atoms with Crippen molar-refractivity contribution < 1.29 is 23.8 Å². The van der Waals surface area contributed by atoms with Crippen molar-refractivity contribution in [3.05, 3.63) is 59.3 Å². The highest BCUT2D eigenvalue weighted by Crippen LogP contribution is 2.29. The fraction of sp³-hybridized carbons (Fsp3) is 0.158. The molecule has 0 saturated heterocycles. The van der Waals surface area contributed by atoms with Crippen molar-refractivity contribution in [3.8, 4) is 11.6 Å². The lowest BCUT2D eigenvalue weighted by molar-refractivity contribution is 0.0598. The number of aromatic nitrogens is 2. The van der Waals surface area contributed by atoms with Crippen LogP contribution in [0.4, 0.5) is 0 Å². The van der Waals surface area contributed by atoms with E-state index in [-0.39, 0.29) is 22.8 Å². The molecule has 0 aliphatic carbocycles. The maximum Gasteiger partial charge on any atom is 0.338 e. The minimum absolute atomic E-state index is 0.162. The average Bonchev–Trinajstić information content (AvgIpc) is 2.68. The van der Waals surface area contributed by atoms with E-state index in [9.17, 15) is 9.59 Å². The van der Waals surface area contributed by atoms with E-state index in [0.29, 0.717) is 0 Å². The van der Waals surface area contributed by atoms with E-state index in [1.54, 1.807) is 0 Å². The highest BCUT2D eigenvalue weighted by atomic mass is 16.5. The van der Waals surface area contributed by atoms with Gasteiger partial charge in [-0.2, -0.15) is 5.10 Å². The number of nitrogens with zero attached hydrogens (tertiary/aromatic N) is 2. The lowest BCUT2D eigenvalue weighted by atomic mass is 10.1. The van der Waals surface area contributed by atoms with Crippen molar-refractivity contribution in [2.45, 2.75) is 6.92 Å². The van der Waals surface area contributed by atoms with Gasteiger partial charge in [-0.25, -0.2) is 9.59 Å². The number of fused-ring (bicyclic) bond motifs is 1. The third kappa shape index (κ3) is 3.32. The Morgan fingerprint density at radius 1 is 0.846 bits per heavy atom. The van der Waals surface area contributed by atoms with E-state index in [4.69, 9.17) is 14.2 Å². The molecular weight excluding hydrogens is 336 g/mol. The van der Waals surface area contributed by atoms with Crippen molar-refractivity contribution in [1.82, 2.24) is 10.2 Å². The number of esters is 2. The monoisotopic (exact) mass is 352 g/mol. The SMILES string of the molecule is COC(=O)c1cc(Oc2nnc(C)c3ccccc23)cc(C(=O)OC)c1. The van der Waals surface area contributed by atoms with Gasteiger partial charge in [-0.15, -0.1) is 5.10 Å². The topological polar surface area (TPSA) is 87.6 Å². The molecule has 0 aliphatic heterocycles. The van der Waals surface area contributed by atoms with E-state index in [2.05, 4.69) is 10.2 Å². The second-order valence-corrected chi connectivity index (χ2v) is 5.47. The van der Waals surface area contributed by atoms with E-state index >= 15 is 0 Å². The third-order valence-corrected chi connectivity index (χ3v) is 3.80. The number of carbonyl (C=O) groups excluding carboxylic acids is 2. The zero-order valence-corrected chi connectivity index (χ0v) is 14.5. The van der Waals surface area contributed by atoms with Crippen LogP contribution in [0.15, 0.2) is 42.5 Å². The number of hydrogen-bond acceptors (Lipinski definition) is 7. The van der Waals surface area contributed by atoms with Gasteiger partial charge in [0.05, 0.1) is 31.0 Å². The Labute approximate surface area is 149 Å². The van der Waals surface area contributed by atoms with Crippen LogP contribution in [-0.2, 0) is 9.47 Å². The summed E-state index contributed by atoms with van der Waals surface area (Å²) in [6, 6.07) is 11.8. The fourth-order valence-electron chi connectivity index (χ4n) is 2.53. The summed E-state index contributed by atoms with van der Waals surface area (Å²) in [7, 11) is 2.51. The summed E-state index contributed by atoms with van der Waals surface area (Å²) in [5.41, 5.74) is 1.09. The van der Waals surface area contributed by atoms with E-state index < -0.39 is 11.9 Å². The summed E-state index contributed by atoms with van der Waals surface area (Å²) < 4.78 is 15.3. The summed E-state index contributed by atoms with van der Waals surface area (Å²) in [4.78, 5) is 23.8. The van der Waals surface area contributed by atoms with Crippen LogP contribution < -0.4 is 4.74 Å². The number of aryl methyl sites for hydroxylation is 1. The van der Waals surface area contributed by atoms with Gasteiger partial charge in [0.15, 0.2) is 0 Å². The van der Waals surface area contributed by atoms with Crippen LogP contribution in [0.5, 0.6) is 11.6 Å². The first-order valence-corrected chi connectivity index (χ1v) is 7.75. The molecule has 7 heteroatoms. The van der Waals surface area contributed by atoms with Crippen molar-refractivity contribution in [1.29, 1.82) is 0 Å². The Morgan fingerprint density at radius 2 is 1.42 bits per heavy atom. The second-order valence-electron chi connectivity index (χ2n) is 5.47. The Bertz CT molecular complexity index is 966. The van der Waals surface area contributed by atoms with Gasteiger partial charge >= 0.3 is 11.9 Å². The van der Waals surface area contributed by atoms with Crippen molar-refractivity contribution >= 4 is 22.7 Å². The summed E-state index contributed by atoms with van der Waals surface area (Å²) in [5.74, 6) is -0.679. The first-order valence-electron chi connectivity index (χ1n) is 7.75. The number of methoxy groups -OCH3 is 2. The molecule has 26 heavy (non-hydrogen) atoms. The van der Waals surface area contributed by atoms with Crippen LogP contribution in [0.1, 0.15) is 26.4 Å². The Kier molecular flexibility index (Phi) is 4.79. The summed E-state index contributed by atoms with van der Waals surface area (Å²) in [6.45, 7) is 1.85. The molecule has 0 amide bonds. The van der Waals surface area contributed by atoms with Gasteiger partial charge in [0.1, 0.15) is 5.75 Å². The number of carbonyl (C=O) groups is 2. The van der Waals surface area contributed by atoms with E-state index in [1.807, 2.05) is 31.2 Å². The Hall–Kier alpha value is -3.48. The van der Waals surface area contributed by atoms with Crippen LogP contribution in [0.2, 0.25) is 0 Å². The molecule has 1 heterocycles. The predicted octanol–water partition coefficient (Wildman–Crippen LogP) is 3.30. The molecule has 0 fully saturated rings. The number of ether oxygens (including phenoxy) is 3. The minimum atomic E-state index is -0.597. The molecule has 0 N–H and O–H groups in total. The van der Waals surface area contributed by atoms with Gasteiger partial charge in [0.2, 0.25) is 5.88 Å². The van der Waals surface area contributed by atoms with E-state index in [1.165, 1.54) is 32.4 Å². The summed E-state index contributed by atoms with van der Waals surface area (Å²) in [5, 5.41) is 9.84. The van der Waals surface area contributed by atoms with Crippen LogP contribution in [-0.4, -0.2) is 36.4 Å². The van der Waals surface area contributed by atoms with Gasteiger partial charge in [-0.3, -0.25) is 0 Å². The Morgan fingerprint density at radius 3 is 2.00 bits per heavy atom. The highest BCUT2D eigenvalue weighted by molar-refractivity contribution is 5.96. The molecule has 0 bridgehead atoms. The van der Waals surface area contributed by atoms with Crippen molar-refractivity contribution in [2.24, 2.45) is 0 Å². The van der Waals surface area contributed by atoms with Crippen LogP contribution in [0.25, 0.3) is 10.8 Å². The number of benzene rings is 2. The van der Waals surface area contributed by atoms with Crippen molar-refractivity contribution in [3.63, 3.8) is 0 Å². The van der Waals surface area contributed by atoms with Gasteiger partial charge in [0.25, 0.3) is 0 Å². The maximum atomic E-state index is 11.9. The zero-order valence-electron chi connectivity index (χ0n) is 14.5. The van der Waals surface area contributed by atoms with Gasteiger partial charge in [0, 0.05) is 10.8 Å². The first kappa shape index (κ1) is 17.3. The van der Waals surface area contributed by atoms with Crippen LogP contribution in [0.3, 0.4) is 0 Å². The van der Waals surface area contributed by atoms with Gasteiger partial charge in [-0.1, -0.05) is 18.2 Å². The molecule has 1 aromatic heterocycles. The molecule has 0 atom stereocenters. The lowest BCUT2D eigenvalue weighted by Gasteiger charge is -2.11. The smallest absolute Gasteiger partial charge is 0.338 e. The molecule has 3 rings (SSSR count). The molecule has 0 radical (unpaired) electrons. The summed E-state index contributed by atoms with van der Waals surface area (Å²) in [6.07, 6.45) is 0. The first-order chi connectivity index (χ1) is 12.5. The number of rotatable bonds is 4.